The van der Waals surface area contributed by atoms with Crippen molar-refractivity contribution in [1.29, 1.82) is 0 Å². The molecule has 15 heavy (non-hydrogen) atoms. The lowest BCUT2D eigenvalue weighted by Crippen LogP contribution is -2.20. The lowest BCUT2D eigenvalue weighted by atomic mass is 10.1. The molecule has 1 fully saturated rings. The Morgan fingerprint density at radius 3 is 2.80 bits per heavy atom. The smallest absolute Gasteiger partial charge is 0.146 e. The first kappa shape index (κ1) is 10.9. The fourth-order valence-corrected chi connectivity index (χ4v) is 1.93. The van der Waals surface area contributed by atoms with Gasteiger partial charge in [-0.2, -0.15) is 0 Å². The van der Waals surface area contributed by atoms with E-state index >= 15 is 0 Å². The van der Waals surface area contributed by atoms with Gasteiger partial charge in [0, 0.05) is 18.2 Å². The van der Waals surface area contributed by atoms with Gasteiger partial charge in [0.25, 0.3) is 0 Å². The predicted octanol–water partition coefficient (Wildman–Crippen LogP) is 3.37. The summed E-state index contributed by atoms with van der Waals surface area (Å²) >= 11 is 5.70. The molecule has 0 bridgehead atoms. The molecule has 82 valence electrons. The molecule has 0 aromatic heterocycles. The molecule has 1 aromatic carbocycles. The summed E-state index contributed by atoms with van der Waals surface area (Å²) in [6.45, 7) is 4.97. The van der Waals surface area contributed by atoms with Gasteiger partial charge in [-0.25, -0.2) is 4.39 Å². The average molecular weight is 228 g/mol. The number of hydrogen-bond donors (Lipinski definition) is 1. The molecule has 1 nitrogen and oxygen atoms in total. The van der Waals surface area contributed by atoms with Crippen LogP contribution in [-0.2, 0) is 6.54 Å². The minimum Gasteiger partial charge on any atom is -0.309 e. The van der Waals surface area contributed by atoms with Gasteiger partial charge in [-0.3, -0.25) is 0 Å². The first-order valence-electron chi connectivity index (χ1n) is 5.17. The van der Waals surface area contributed by atoms with E-state index in [9.17, 15) is 4.39 Å². The lowest BCUT2D eigenvalue weighted by molar-refractivity contribution is 0.528. The summed E-state index contributed by atoms with van der Waals surface area (Å²) in [5, 5.41) is 3.53. The lowest BCUT2D eigenvalue weighted by Gasteiger charge is -2.08. The first-order chi connectivity index (χ1) is 7.00. The summed E-state index contributed by atoms with van der Waals surface area (Å²) in [6.07, 6.45) is 1.16. The van der Waals surface area contributed by atoms with Crippen molar-refractivity contribution in [3.63, 3.8) is 0 Å². The Morgan fingerprint density at radius 1 is 1.53 bits per heavy atom. The molecular weight excluding hydrogens is 213 g/mol. The summed E-state index contributed by atoms with van der Waals surface area (Å²) in [7, 11) is 0. The number of hydrogen-bond acceptors (Lipinski definition) is 1. The monoisotopic (exact) mass is 227 g/mol. The highest BCUT2D eigenvalue weighted by Gasteiger charge is 2.45. The minimum atomic E-state index is -0.301. The molecule has 0 radical (unpaired) electrons. The highest BCUT2D eigenvalue weighted by molar-refractivity contribution is 6.30. The Labute approximate surface area is 94.6 Å². The van der Waals surface area contributed by atoms with Crippen LogP contribution in [0, 0.1) is 11.2 Å². The Balaban J connectivity index is 1.97. The van der Waals surface area contributed by atoms with E-state index in [-0.39, 0.29) is 10.8 Å². The standard InChI is InChI=1S/C12H15ClFN/c1-12(2)6-10(12)15-7-8-4-3-5-9(13)11(8)14/h3-5,10,15H,6-7H2,1-2H3. The summed E-state index contributed by atoms with van der Waals surface area (Å²) in [5.41, 5.74) is 1.01. The zero-order valence-electron chi connectivity index (χ0n) is 8.98. The van der Waals surface area contributed by atoms with Crippen molar-refractivity contribution in [2.24, 2.45) is 5.41 Å². The summed E-state index contributed by atoms with van der Waals surface area (Å²) in [5.74, 6) is -0.301. The van der Waals surface area contributed by atoms with Gasteiger partial charge < -0.3 is 5.32 Å². The Kier molecular flexibility index (Phi) is 2.73. The van der Waals surface area contributed by atoms with Crippen molar-refractivity contribution < 1.29 is 4.39 Å². The highest BCUT2D eigenvalue weighted by atomic mass is 35.5. The molecule has 0 heterocycles. The Hall–Kier alpha value is -0.600. The molecule has 3 heteroatoms. The zero-order chi connectivity index (χ0) is 11.1. The molecule has 0 aliphatic heterocycles. The minimum absolute atomic E-state index is 0.198. The van der Waals surface area contributed by atoms with Crippen molar-refractivity contribution in [2.45, 2.75) is 32.9 Å². The van der Waals surface area contributed by atoms with E-state index in [0.29, 0.717) is 23.6 Å². The van der Waals surface area contributed by atoms with Crippen molar-refractivity contribution in [1.82, 2.24) is 5.32 Å². The second kappa shape index (κ2) is 3.76. The summed E-state index contributed by atoms with van der Waals surface area (Å²) in [4.78, 5) is 0. The van der Waals surface area contributed by atoms with Gasteiger partial charge in [0.15, 0.2) is 0 Å². The molecule has 1 aromatic rings. The van der Waals surface area contributed by atoms with Crippen molar-refractivity contribution in [3.05, 3.63) is 34.6 Å². The van der Waals surface area contributed by atoms with E-state index in [1.54, 1.807) is 18.2 Å². The fraction of sp³-hybridized carbons (Fsp3) is 0.500. The SMILES string of the molecule is CC1(C)CC1NCc1cccc(Cl)c1F. The van der Waals surface area contributed by atoms with E-state index < -0.39 is 0 Å². The Morgan fingerprint density at radius 2 is 2.20 bits per heavy atom. The number of benzene rings is 1. The molecule has 2 rings (SSSR count). The van der Waals surface area contributed by atoms with Crippen LogP contribution in [0.4, 0.5) is 4.39 Å². The van der Waals surface area contributed by atoms with E-state index in [0.717, 1.165) is 6.42 Å². The van der Waals surface area contributed by atoms with Crippen LogP contribution in [-0.4, -0.2) is 6.04 Å². The van der Waals surface area contributed by atoms with E-state index in [2.05, 4.69) is 19.2 Å². The molecule has 1 N–H and O–H groups in total. The maximum atomic E-state index is 13.5. The van der Waals surface area contributed by atoms with Gasteiger partial charge >= 0.3 is 0 Å². The number of nitrogens with one attached hydrogen (secondary N) is 1. The summed E-state index contributed by atoms with van der Waals surface area (Å²) in [6, 6.07) is 5.63. The van der Waals surface area contributed by atoms with Crippen LogP contribution in [0.3, 0.4) is 0 Å². The molecule has 1 aliphatic carbocycles. The first-order valence-corrected chi connectivity index (χ1v) is 5.55. The third-order valence-corrected chi connectivity index (χ3v) is 3.38. The van der Waals surface area contributed by atoms with Gasteiger partial charge in [-0.15, -0.1) is 0 Å². The van der Waals surface area contributed by atoms with E-state index in [4.69, 9.17) is 11.6 Å². The second-order valence-corrected chi connectivity index (χ2v) is 5.25. The molecule has 0 amide bonds. The largest absolute Gasteiger partial charge is 0.309 e. The number of rotatable bonds is 3. The molecule has 0 spiro atoms. The second-order valence-electron chi connectivity index (χ2n) is 4.84. The van der Waals surface area contributed by atoms with E-state index in [1.807, 2.05) is 0 Å². The maximum Gasteiger partial charge on any atom is 0.146 e. The molecule has 1 saturated carbocycles. The molecule has 1 unspecified atom stereocenters. The van der Waals surface area contributed by atoms with Crippen LogP contribution in [0.2, 0.25) is 5.02 Å². The van der Waals surface area contributed by atoms with Gasteiger partial charge in [0.1, 0.15) is 5.82 Å². The van der Waals surface area contributed by atoms with Crippen LogP contribution in [0.1, 0.15) is 25.8 Å². The van der Waals surface area contributed by atoms with Gasteiger partial charge in [-0.1, -0.05) is 37.6 Å². The quantitative estimate of drug-likeness (QED) is 0.835. The molecule has 1 atom stereocenters. The zero-order valence-corrected chi connectivity index (χ0v) is 9.74. The van der Waals surface area contributed by atoms with Crippen LogP contribution in [0.15, 0.2) is 18.2 Å². The summed E-state index contributed by atoms with van der Waals surface area (Å²) < 4.78 is 13.5. The average Bonchev–Trinajstić information content (AvgIpc) is 2.77. The van der Waals surface area contributed by atoms with E-state index in [1.165, 1.54) is 0 Å². The topological polar surface area (TPSA) is 12.0 Å². The van der Waals surface area contributed by atoms with Crippen LogP contribution in [0.5, 0.6) is 0 Å². The van der Waals surface area contributed by atoms with Crippen molar-refractivity contribution in [3.8, 4) is 0 Å². The van der Waals surface area contributed by atoms with Gasteiger partial charge in [0.05, 0.1) is 5.02 Å². The normalized spacial score (nSPS) is 22.8. The maximum absolute atomic E-state index is 13.5. The highest BCUT2D eigenvalue weighted by Crippen LogP contribution is 2.44. The van der Waals surface area contributed by atoms with Crippen LogP contribution >= 0.6 is 11.6 Å². The van der Waals surface area contributed by atoms with Gasteiger partial charge in [0.2, 0.25) is 0 Å². The molecule has 1 aliphatic rings. The molecule has 0 saturated heterocycles. The van der Waals surface area contributed by atoms with Crippen molar-refractivity contribution >= 4 is 11.6 Å². The van der Waals surface area contributed by atoms with Crippen LogP contribution < -0.4 is 5.32 Å². The van der Waals surface area contributed by atoms with Gasteiger partial charge in [-0.05, 0) is 17.9 Å². The third kappa shape index (κ3) is 2.32. The van der Waals surface area contributed by atoms with Crippen LogP contribution in [0.25, 0.3) is 0 Å². The molecular formula is C12H15ClFN. The predicted molar refractivity (Wildman–Crippen MR) is 60.4 cm³/mol. The van der Waals surface area contributed by atoms with Crippen molar-refractivity contribution in [2.75, 3.05) is 0 Å². The Bertz CT molecular complexity index is 376. The number of halogens is 2. The third-order valence-electron chi connectivity index (χ3n) is 3.08. The fourth-order valence-electron chi connectivity index (χ4n) is 1.73.